The summed E-state index contributed by atoms with van der Waals surface area (Å²) in [4.78, 5) is 11.9. The minimum absolute atomic E-state index is 0.0805. The summed E-state index contributed by atoms with van der Waals surface area (Å²) in [5.41, 5.74) is 0.438. The largest absolute Gasteiger partial charge is 0.377 e. The Kier molecular flexibility index (Phi) is 3.73. The number of hydrogen-bond donors (Lipinski definition) is 1. The van der Waals surface area contributed by atoms with E-state index in [4.69, 9.17) is 6.42 Å². The summed E-state index contributed by atoms with van der Waals surface area (Å²) in [5.74, 6) is 6.24. The average molecular weight is 326 g/mol. The van der Waals surface area contributed by atoms with E-state index in [9.17, 15) is 9.90 Å². The number of carbonyl (C=O) groups is 1. The molecule has 0 aromatic rings. The van der Waals surface area contributed by atoms with Crippen molar-refractivity contribution in [2.24, 2.45) is 35.0 Å². The molecule has 1 N–H and O–H groups in total. The van der Waals surface area contributed by atoms with Gasteiger partial charge in [-0.1, -0.05) is 25.3 Å². The molecular formula is C22H30O2. The molecule has 0 aliphatic heterocycles. The van der Waals surface area contributed by atoms with Crippen molar-refractivity contribution >= 4 is 5.78 Å². The topological polar surface area (TPSA) is 37.3 Å². The maximum absolute atomic E-state index is 11.9. The Hall–Kier alpha value is -1.07. The number of carbonyl (C=O) groups excluding carboxylic acids is 1. The summed E-state index contributed by atoms with van der Waals surface area (Å²) in [6.45, 7) is 4.59. The van der Waals surface area contributed by atoms with E-state index in [0.717, 1.165) is 44.9 Å². The van der Waals surface area contributed by atoms with Crippen LogP contribution in [-0.4, -0.2) is 16.5 Å². The molecule has 0 radical (unpaired) electrons. The normalized spacial score (nSPS) is 50.3. The van der Waals surface area contributed by atoms with Gasteiger partial charge >= 0.3 is 0 Å². The standard InChI is InChI=1S/C22H30O2/c1-4-21-10-8-18-17-7-6-16(23)13-15(17)12-14(3)20(18)19(21)9-11-22(21,24)5-2/h2,13-14,17-20,24H,4,6-12H2,1,3H3/t14-,17+,18-,19+,20-,21?,22+/m1/s1. The molecule has 0 aromatic carbocycles. The van der Waals surface area contributed by atoms with Crippen molar-refractivity contribution in [3.63, 3.8) is 0 Å². The van der Waals surface area contributed by atoms with E-state index in [1.54, 1.807) is 0 Å². The molecule has 130 valence electrons. The molecule has 1 unspecified atom stereocenters. The van der Waals surface area contributed by atoms with Crippen molar-refractivity contribution < 1.29 is 9.90 Å². The molecule has 3 fully saturated rings. The molecule has 4 aliphatic carbocycles. The second kappa shape index (κ2) is 5.46. The molecule has 0 bridgehead atoms. The number of hydrogen-bond acceptors (Lipinski definition) is 2. The summed E-state index contributed by atoms with van der Waals surface area (Å²) in [6.07, 6.45) is 15.7. The van der Waals surface area contributed by atoms with E-state index in [0.29, 0.717) is 35.4 Å². The molecular weight excluding hydrogens is 296 g/mol. The predicted octanol–water partition coefficient (Wildman–Crippen LogP) is 4.13. The lowest BCUT2D eigenvalue weighted by Gasteiger charge is -2.57. The number of ketones is 1. The van der Waals surface area contributed by atoms with Crippen molar-refractivity contribution in [3.05, 3.63) is 11.6 Å². The molecule has 0 heterocycles. The van der Waals surface area contributed by atoms with Gasteiger partial charge in [-0.15, -0.1) is 6.42 Å². The Balaban J connectivity index is 1.72. The molecule has 0 amide bonds. The quantitative estimate of drug-likeness (QED) is 0.736. The smallest absolute Gasteiger partial charge is 0.155 e. The molecule has 24 heavy (non-hydrogen) atoms. The van der Waals surface area contributed by atoms with Crippen LogP contribution in [0.3, 0.4) is 0 Å². The maximum atomic E-state index is 11.9. The fourth-order valence-electron chi connectivity index (χ4n) is 7.38. The number of fused-ring (bicyclic) bond motifs is 5. The highest BCUT2D eigenvalue weighted by molar-refractivity contribution is 5.91. The highest BCUT2D eigenvalue weighted by Gasteiger charge is 2.64. The third kappa shape index (κ3) is 1.97. The molecule has 7 atom stereocenters. The Morgan fingerprint density at radius 3 is 2.83 bits per heavy atom. The third-order valence-electron chi connectivity index (χ3n) is 8.36. The van der Waals surface area contributed by atoms with Crippen LogP contribution in [0.1, 0.15) is 65.2 Å². The first-order chi connectivity index (χ1) is 11.5. The summed E-state index contributed by atoms with van der Waals surface area (Å²) in [6, 6.07) is 0. The lowest BCUT2D eigenvalue weighted by atomic mass is 9.47. The van der Waals surface area contributed by atoms with Crippen LogP contribution in [0.15, 0.2) is 11.6 Å². The number of aliphatic hydroxyl groups is 1. The first-order valence-electron chi connectivity index (χ1n) is 9.89. The van der Waals surface area contributed by atoms with Gasteiger partial charge in [0.1, 0.15) is 5.60 Å². The zero-order valence-electron chi connectivity index (χ0n) is 15.1. The molecule has 0 spiro atoms. The Morgan fingerprint density at radius 2 is 2.12 bits per heavy atom. The summed E-state index contributed by atoms with van der Waals surface area (Å²) in [5, 5.41) is 11.2. The summed E-state index contributed by atoms with van der Waals surface area (Å²) in [7, 11) is 0. The Bertz CT molecular complexity index is 626. The Morgan fingerprint density at radius 1 is 1.33 bits per heavy atom. The molecule has 0 saturated heterocycles. The van der Waals surface area contributed by atoms with E-state index >= 15 is 0 Å². The maximum Gasteiger partial charge on any atom is 0.155 e. The average Bonchev–Trinajstić information content (AvgIpc) is 2.88. The summed E-state index contributed by atoms with van der Waals surface area (Å²) < 4.78 is 0. The molecule has 4 aliphatic rings. The van der Waals surface area contributed by atoms with Gasteiger partial charge in [0.2, 0.25) is 0 Å². The van der Waals surface area contributed by atoms with Crippen LogP contribution in [0.4, 0.5) is 0 Å². The van der Waals surface area contributed by atoms with E-state index in [-0.39, 0.29) is 5.41 Å². The van der Waals surface area contributed by atoms with Crippen molar-refractivity contribution in [2.45, 2.75) is 70.8 Å². The highest BCUT2D eigenvalue weighted by atomic mass is 16.3. The minimum atomic E-state index is -0.907. The fourth-order valence-corrected chi connectivity index (χ4v) is 7.38. The van der Waals surface area contributed by atoms with E-state index in [1.807, 2.05) is 6.08 Å². The van der Waals surface area contributed by atoms with Crippen LogP contribution in [0.2, 0.25) is 0 Å². The first-order valence-corrected chi connectivity index (χ1v) is 9.89. The van der Waals surface area contributed by atoms with Gasteiger partial charge in [0.05, 0.1) is 0 Å². The van der Waals surface area contributed by atoms with Crippen molar-refractivity contribution in [1.29, 1.82) is 0 Å². The SMILES string of the molecule is C#C[C@]1(O)CC[C@H]2[C@H]3[C@H](CCC21CC)[C@H]1CCC(=O)C=C1C[C@H]3C. The van der Waals surface area contributed by atoms with E-state index < -0.39 is 5.60 Å². The second-order valence-corrected chi connectivity index (χ2v) is 8.95. The van der Waals surface area contributed by atoms with Crippen molar-refractivity contribution in [1.82, 2.24) is 0 Å². The van der Waals surface area contributed by atoms with Gasteiger partial charge in [0, 0.05) is 11.8 Å². The lowest BCUT2D eigenvalue weighted by molar-refractivity contribution is -0.119. The van der Waals surface area contributed by atoms with Crippen LogP contribution < -0.4 is 0 Å². The highest BCUT2D eigenvalue weighted by Crippen LogP contribution is 2.67. The fraction of sp³-hybridized carbons (Fsp3) is 0.773. The van der Waals surface area contributed by atoms with Crippen molar-refractivity contribution in [2.75, 3.05) is 0 Å². The van der Waals surface area contributed by atoms with Gasteiger partial charge in [0.25, 0.3) is 0 Å². The second-order valence-electron chi connectivity index (χ2n) is 8.95. The molecule has 4 rings (SSSR count). The van der Waals surface area contributed by atoms with Gasteiger partial charge < -0.3 is 5.11 Å². The minimum Gasteiger partial charge on any atom is -0.377 e. The molecule has 0 aromatic heterocycles. The number of allylic oxidation sites excluding steroid dienone is 1. The summed E-state index contributed by atoms with van der Waals surface area (Å²) >= 11 is 0. The van der Waals surface area contributed by atoms with Crippen LogP contribution >= 0.6 is 0 Å². The van der Waals surface area contributed by atoms with E-state index in [1.165, 1.54) is 12.0 Å². The van der Waals surface area contributed by atoms with Crippen LogP contribution in [0, 0.1) is 47.3 Å². The lowest BCUT2D eigenvalue weighted by Crippen LogP contribution is -2.55. The first kappa shape index (κ1) is 16.4. The third-order valence-corrected chi connectivity index (χ3v) is 8.36. The van der Waals surface area contributed by atoms with Gasteiger partial charge in [-0.25, -0.2) is 0 Å². The van der Waals surface area contributed by atoms with Crippen molar-refractivity contribution in [3.8, 4) is 12.3 Å². The van der Waals surface area contributed by atoms with Crippen LogP contribution in [-0.2, 0) is 4.79 Å². The van der Waals surface area contributed by atoms with Gasteiger partial charge in [-0.2, -0.15) is 0 Å². The van der Waals surface area contributed by atoms with Crippen LogP contribution in [0.5, 0.6) is 0 Å². The van der Waals surface area contributed by atoms with Gasteiger partial charge in [-0.05, 0) is 80.6 Å². The monoisotopic (exact) mass is 326 g/mol. The van der Waals surface area contributed by atoms with Gasteiger partial charge in [-0.3, -0.25) is 4.79 Å². The number of terminal acetylenes is 1. The van der Waals surface area contributed by atoms with Gasteiger partial charge in [0.15, 0.2) is 5.78 Å². The molecule has 2 nitrogen and oxygen atoms in total. The zero-order valence-corrected chi connectivity index (χ0v) is 15.1. The molecule has 3 saturated carbocycles. The molecule has 2 heteroatoms. The van der Waals surface area contributed by atoms with Crippen LogP contribution in [0.25, 0.3) is 0 Å². The number of rotatable bonds is 1. The zero-order chi connectivity index (χ0) is 17.1. The predicted molar refractivity (Wildman–Crippen MR) is 95.0 cm³/mol. The van der Waals surface area contributed by atoms with E-state index in [2.05, 4.69) is 19.8 Å². The Labute approximate surface area is 146 Å².